The van der Waals surface area contributed by atoms with Crippen LogP contribution in [0.25, 0.3) is 22.0 Å². The molecule has 0 bridgehead atoms. The molecule has 0 aliphatic rings. The quantitative estimate of drug-likeness (QED) is 0.496. The van der Waals surface area contributed by atoms with Gasteiger partial charge in [0.15, 0.2) is 11.5 Å². The Labute approximate surface area is 168 Å². The van der Waals surface area contributed by atoms with E-state index in [4.69, 9.17) is 9.47 Å². The SMILES string of the molecule is COc1ccc(-c2cncc(C#N)c2Nc2ccc(C)c3cc[nH]c23)cc1OC. The minimum Gasteiger partial charge on any atom is -0.493 e. The number of rotatable bonds is 5. The highest BCUT2D eigenvalue weighted by molar-refractivity contribution is 5.97. The first-order valence-corrected chi connectivity index (χ1v) is 9.10. The van der Waals surface area contributed by atoms with E-state index in [1.165, 1.54) is 5.56 Å². The lowest BCUT2D eigenvalue weighted by atomic mass is 10.0. The Bertz CT molecular complexity index is 1240. The summed E-state index contributed by atoms with van der Waals surface area (Å²) in [4.78, 5) is 7.54. The highest BCUT2D eigenvalue weighted by Crippen LogP contribution is 2.38. The molecule has 0 spiro atoms. The summed E-state index contributed by atoms with van der Waals surface area (Å²) >= 11 is 0. The molecule has 0 saturated carbocycles. The number of hydrogen-bond donors (Lipinski definition) is 2. The molecule has 2 aromatic heterocycles. The number of methoxy groups -OCH3 is 2. The molecule has 0 fully saturated rings. The molecule has 2 aromatic carbocycles. The van der Waals surface area contributed by atoms with Gasteiger partial charge in [-0.2, -0.15) is 5.26 Å². The van der Waals surface area contributed by atoms with Gasteiger partial charge in [0.05, 0.1) is 36.7 Å². The number of hydrogen-bond acceptors (Lipinski definition) is 5. The van der Waals surface area contributed by atoms with Crippen LogP contribution in [0, 0.1) is 18.3 Å². The van der Waals surface area contributed by atoms with Crippen molar-refractivity contribution < 1.29 is 9.47 Å². The van der Waals surface area contributed by atoms with Crippen molar-refractivity contribution in [3.8, 4) is 28.7 Å². The van der Waals surface area contributed by atoms with Gasteiger partial charge in [0.1, 0.15) is 6.07 Å². The monoisotopic (exact) mass is 384 g/mol. The maximum atomic E-state index is 9.69. The number of nitriles is 1. The molecular formula is C23H20N4O2. The van der Waals surface area contributed by atoms with Gasteiger partial charge in [-0.1, -0.05) is 12.1 Å². The van der Waals surface area contributed by atoms with Gasteiger partial charge in [-0.05, 0) is 42.3 Å². The average Bonchev–Trinajstić information content (AvgIpc) is 3.26. The van der Waals surface area contributed by atoms with Crippen molar-refractivity contribution in [1.82, 2.24) is 9.97 Å². The number of pyridine rings is 1. The molecule has 2 heterocycles. The molecule has 0 aliphatic carbocycles. The van der Waals surface area contributed by atoms with Crippen LogP contribution < -0.4 is 14.8 Å². The van der Waals surface area contributed by atoms with Crippen LogP contribution in [0.2, 0.25) is 0 Å². The molecule has 0 atom stereocenters. The second kappa shape index (κ2) is 7.56. The summed E-state index contributed by atoms with van der Waals surface area (Å²) in [6.45, 7) is 2.07. The fraction of sp³-hybridized carbons (Fsp3) is 0.130. The molecule has 29 heavy (non-hydrogen) atoms. The van der Waals surface area contributed by atoms with Crippen LogP contribution in [-0.4, -0.2) is 24.2 Å². The Balaban J connectivity index is 1.87. The van der Waals surface area contributed by atoms with Crippen LogP contribution in [0.15, 0.2) is 55.0 Å². The number of benzene rings is 2. The highest BCUT2D eigenvalue weighted by atomic mass is 16.5. The van der Waals surface area contributed by atoms with E-state index >= 15 is 0 Å². The van der Waals surface area contributed by atoms with E-state index in [1.807, 2.05) is 36.5 Å². The summed E-state index contributed by atoms with van der Waals surface area (Å²) in [6.07, 6.45) is 5.22. The van der Waals surface area contributed by atoms with Crippen LogP contribution in [0.4, 0.5) is 11.4 Å². The number of ether oxygens (including phenoxy) is 2. The van der Waals surface area contributed by atoms with Crippen LogP contribution in [0.3, 0.4) is 0 Å². The topological polar surface area (TPSA) is 83.0 Å². The second-order valence-electron chi connectivity index (χ2n) is 6.61. The van der Waals surface area contributed by atoms with E-state index in [9.17, 15) is 5.26 Å². The maximum Gasteiger partial charge on any atom is 0.161 e. The van der Waals surface area contributed by atoms with Crippen molar-refractivity contribution in [2.75, 3.05) is 19.5 Å². The van der Waals surface area contributed by atoms with Gasteiger partial charge < -0.3 is 19.8 Å². The first-order chi connectivity index (χ1) is 14.2. The van der Waals surface area contributed by atoms with Crippen LogP contribution in [0.5, 0.6) is 11.5 Å². The van der Waals surface area contributed by atoms with E-state index < -0.39 is 0 Å². The fourth-order valence-corrected chi connectivity index (χ4v) is 3.44. The van der Waals surface area contributed by atoms with Gasteiger partial charge in [-0.25, -0.2) is 0 Å². The third-order valence-corrected chi connectivity index (χ3v) is 4.96. The van der Waals surface area contributed by atoms with Crippen molar-refractivity contribution in [3.63, 3.8) is 0 Å². The predicted molar refractivity (Wildman–Crippen MR) is 114 cm³/mol. The Morgan fingerprint density at radius 3 is 2.62 bits per heavy atom. The molecule has 6 heteroatoms. The van der Waals surface area contributed by atoms with Crippen LogP contribution in [-0.2, 0) is 0 Å². The molecule has 144 valence electrons. The molecule has 0 amide bonds. The summed E-state index contributed by atoms with van der Waals surface area (Å²) < 4.78 is 10.8. The van der Waals surface area contributed by atoms with Crippen molar-refractivity contribution in [3.05, 3.63) is 66.1 Å². The van der Waals surface area contributed by atoms with Gasteiger partial charge in [0.2, 0.25) is 0 Å². The molecule has 2 N–H and O–H groups in total. The van der Waals surface area contributed by atoms with Gasteiger partial charge in [0, 0.05) is 29.5 Å². The number of anilines is 2. The summed E-state index contributed by atoms with van der Waals surface area (Å²) in [6, 6.07) is 14.0. The minimum absolute atomic E-state index is 0.456. The van der Waals surface area contributed by atoms with Gasteiger partial charge in [-0.15, -0.1) is 0 Å². The van der Waals surface area contributed by atoms with E-state index in [0.29, 0.717) is 22.7 Å². The van der Waals surface area contributed by atoms with Crippen LogP contribution in [0.1, 0.15) is 11.1 Å². The first kappa shape index (κ1) is 18.4. The zero-order valence-corrected chi connectivity index (χ0v) is 16.4. The molecule has 0 aliphatic heterocycles. The first-order valence-electron chi connectivity index (χ1n) is 9.10. The summed E-state index contributed by atoms with van der Waals surface area (Å²) in [5, 5.41) is 14.3. The van der Waals surface area contributed by atoms with Crippen molar-refractivity contribution >= 4 is 22.3 Å². The molecule has 4 rings (SSSR count). The zero-order chi connectivity index (χ0) is 20.4. The average molecular weight is 384 g/mol. The van der Waals surface area contributed by atoms with Crippen molar-refractivity contribution in [2.24, 2.45) is 0 Å². The van der Waals surface area contributed by atoms with E-state index in [1.54, 1.807) is 26.6 Å². The molecular weight excluding hydrogens is 364 g/mol. The Kier molecular flexibility index (Phi) is 4.80. The minimum atomic E-state index is 0.456. The van der Waals surface area contributed by atoms with Crippen molar-refractivity contribution in [2.45, 2.75) is 6.92 Å². The van der Waals surface area contributed by atoms with Gasteiger partial charge >= 0.3 is 0 Å². The summed E-state index contributed by atoms with van der Waals surface area (Å²) in [7, 11) is 3.19. The predicted octanol–water partition coefficient (Wildman–Crippen LogP) is 5.17. The number of nitrogens with one attached hydrogen (secondary N) is 2. The number of aryl methyl sites for hydroxylation is 1. The Hall–Kier alpha value is -3.98. The normalized spacial score (nSPS) is 10.6. The number of aromatic amines is 1. The van der Waals surface area contributed by atoms with Gasteiger partial charge in [-0.3, -0.25) is 4.98 Å². The third-order valence-electron chi connectivity index (χ3n) is 4.96. The Morgan fingerprint density at radius 2 is 1.86 bits per heavy atom. The molecule has 6 nitrogen and oxygen atoms in total. The van der Waals surface area contributed by atoms with Crippen LogP contribution >= 0.6 is 0 Å². The number of H-pyrrole nitrogens is 1. The zero-order valence-electron chi connectivity index (χ0n) is 16.4. The number of aromatic nitrogens is 2. The number of nitrogens with zero attached hydrogens (tertiary/aromatic N) is 2. The maximum absolute atomic E-state index is 9.69. The van der Waals surface area contributed by atoms with E-state index in [-0.39, 0.29) is 0 Å². The molecule has 0 radical (unpaired) electrons. The summed E-state index contributed by atoms with van der Waals surface area (Å²) in [5.41, 5.74) is 5.87. The van der Waals surface area contributed by atoms with Gasteiger partial charge in [0.25, 0.3) is 0 Å². The largest absolute Gasteiger partial charge is 0.493 e. The highest BCUT2D eigenvalue weighted by Gasteiger charge is 2.15. The molecule has 4 aromatic rings. The lowest BCUT2D eigenvalue weighted by Crippen LogP contribution is -1.99. The lowest BCUT2D eigenvalue weighted by Gasteiger charge is -2.16. The second-order valence-corrected chi connectivity index (χ2v) is 6.61. The molecule has 0 saturated heterocycles. The molecule has 0 unspecified atom stereocenters. The van der Waals surface area contributed by atoms with Crippen molar-refractivity contribution in [1.29, 1.82) is 5.26 Å². The fourth-order valence-electron chi connectivity index (χ4n) is 3.44. The smallest absolute Gasteiger partial charge is 0.161 e. The summed E-state index contributed by atoms with van der Waals surface area (Å²) in [5.74, 6) is 1.25. The Morgan fingerprint density at radius 1 is 1.03 bits per heavy atom. The third kappa shape index (κ3) is 3.23. The number of fused-ring (bicyclic) bond motifs is 1. The van der Waals surface area contributed by atoms with E-state index in [0.717, 1.165) is 27.7 Å². The van der Waals surface area contributed by atoms with E-state index in [2.05, 4.69) is 34.3 Å². The standard InChI is InChI=1S/C23H20N4O2/c1-14-4-6-19(23-17(14)8-9-26-23)27-22-16(11-24)12-25-13-18(22)15-5-7-20(28-2)21(10-15)29-3/h4-10,12-13,26H,1-3H3,(H,25,27). The lowest BCUT2D eigenvalue weighted by molar-refractivity contribution is 0.355.